The second-order valence-corrected chi connectivity index (χ2v) is 3.70. The molecule has 1 heterocycles. The van der Waals surface area contributed by atoms with Crippen molar-refractivity contribution in [2.24, 2.45) is 0 Å². The fourth-order valence-corrected chi connectivity index (χ4v) is 1.73. The highest BCUT2D eigenvalue weighted by Crippen LogP contribution is 2.19. The van der Waals surface area contributed by atoms with Crippen molar-refractivity contribution in [3.8, 4) is 0 Å². The van der Waals surface area contributed by atoms with Crippen LogP contribution in [0.3, 0.4) is 0 Å². The fourth-order valence-electron chi connectivity index (χ4n) is 1.73. The number of para-hydroxylation sites is 1. The molecule has 0 spiro atoms. The lowest BCUT2D eigenvalue weighted by Crippen LogP contribution is -2.11. The number of rotatable bonds is 0. The smallest absolute Gasteiger partial charge is 0.251 e. The number of hydrogen-bond acceptors (Lipinski definition) is 1. The van der Waals surface area contributed by atoms with E-state index in [1.54, 1.807) is 0 Å². The van der Waals surface area contributed by atoms with Gasteiger partial charge in [0.25, 0.3) is 5.56 Å². The summed E-state index contributed by atoms with van der Waals surface area (Å²) in [6, 6.07) is 6.07. The van der Waals surface area contributed by atoms with Crippen molar-refractivity contribution in [3.05, 3.63) is 45.2 Å². The van der Waals surface area contributed by atoms with Gasteiger partial charge in [-0.1, -0.05) is 18.2 Å². The van der Waals surface area contributed by atoms with Gasteiger partial charge in [0.05, 0.1) is 5.52 Å². The van der Waals surface area contributed by atoms with Crippen molar-refractivity contribution in [1.82, 2.24) is 4.98 Å². The molecule has 1 N–H and O–H groups in total. The summed E-state index contributed by atoms with van der Waals surface area (Å²) in [5.74, 6) is 0. The molecule has 1 aromatic carbocycles. The Morgan fingerprint density at radius 2 is 1.79 bits per heavy atom. The summed E-state index contributed by atoms with van der Waals surface area (Å²) < 4.78 is 0. The third kappa shape index (κ3) is 1.15. The van der Waals surface area contributed by atoms with E-state index in [2.05, 4.69) is 4.98 Å². The maximum absolute atomic E-state index is 11.6. The zero-order valence-corrected chi connectivity index (χ0v) is 8.64. The average molecular weight is 187 g/mol. The first kappa shape index (κ1) is 9.00. The van der Waals surface area contributed by atoms with Gasteiger partial charge in [-0.25, -0.2) is 0 Å². The van der Waals surface area contributed by atoms with E-state index in [1.165, 1.54) is 0 Å². The Hall–Kier alpha value is -1.57. The van der Waals surface area contributed by atoms with Crippen LogP contribution < -0.4 is 5.56 Å². The fraction of sp³-hybridized carbons (Fsp3) is 0.250. The molecule has 0 unspecified atom stereocenters. The number of benzene rings is 1. The van der Waals surface area contributed by atoms with Crippen molar-refractivity contribution in [3.63, 3.8) is 0 Å². The number of fused-ring (bicyclic) bond motifs is 1. The minimum absolute atomic E-state index is 0.0179. The summed E-state index contributed by atoms with van der Waals surface area (Å²) in [4.78, 5) is 14.5. The van der Waals surface area contributed by atoms with Gasteiger partial charge in [0.15, 0.2) is 0 Å². The van der Waals surface area contributed by atoms with Gasteiger partial charge in [-0.05, 0) is 31.9 Å². The molecule has 0 saturated heterocycles. The Bertz CT molecular complexity index is 552. The zero-order valence-electron chi connectivity index (χ0n) is 8.64. The number of aryl methyl sites for hydroxylation is 2. The van der Waals surface area contributed by atoms with Crippen LogP contribution in [0.25, 0.3) is 10.9 Å². The van der Waals surface area contributed by atoms with Crippen LogP contribution in [0.5, 0.6) is 0 Å². The minimum Gasteiger partial charge on any atom is -0.321 e. The van der Waals surface area contributed by atoms with E-state index in [0.29, 0.717) is 0 Å². The first-order valence-electron chi connectivity index (χ1n) is 4.70. The molecule has 0 fully saturated rings. The maximum Gasteiger partial charge on any atom is 0.251 e. The van der Waals surface area contributed by atoms with E-state index in [-0.39, 0.29) is 5.56 Å². The monoisotopic (exact) mass is 187 g/mol. The Labute approximate surface area is 82.6 Å². The predicted molar refractivity (Wildman–Crippen MR) is 58.8 cm³/mol. The van der Waals surface area contributed by atoms with Crippen molar-refractivity contribution in [2.45, 2.75) is 20.8 Å². The maximum atomic E-state index is 11.6. The Kier molecular flexibility index (Phi) is 1.92. The Balaban J connectivity index is 3.06. The highest BCUT2D eigenvalue weighted by atomic mass is 16.1. The summed E-state index contributed by atoms with van der Waals surface area (Å²) in [5.41, 5.74) is 3.98. The van der Waals surface area contributed by atoms with E-state index in [9.17, 15) is 4.79 Å². The largest absolute Gasteiger partial charge is 0.321 e. The standard InChI is InChI=1S/C12H13NO/c1-7-5-4-6-10-8(2)9(3)12(14)13-11(7)10/h4-6H,1-3H3,(H,13,14). The number of H-pyrrole nitrogens is 1. The van der Waals surface area contributed by atoms with Gasteiger partial charge in [-0.2, -0.15) is 0 Å². The van der Waals surface area contributed by atoms with Crippen LogP contribution in [0.15, 0.2) is 23.0 Å². The molecule has 0 amide bonds. The molecular formula is C12H13NO. The van der Waals surface area contributed by atoms with Gasteiger partial charge < -0.3 is 4.98 Å². The van der Waals surface area contributed by atoms with Crippen LogP contribution >= 0.6 is 0 Å². The molecule has 0 bridgehead atoms. The summed E-state index contributed by atoms with van der Waals surface area (Å²) in [6.45, 7) is 5.86. The van der Waals surface area contributed by atoms with Crippen LogP contribution in [0, 0.1) is 20.8 Å². The van der Waals surface area contributed by atoms with E-state index in [4.69, 9.17) is 0 Å². The average Bonchev–Trinajstić information content (AvgIpc) is 2.17. The van der Waals surface area contributed by atoms with Gasteiger partial charge in [0.1, 0.15) is 0 Å². The molecule has 0 aliphatic carbocycles. The highest BCUT2D eigenvalue weighted by Gasteiger charge is 2.05. The SMILES string of the molecule is Cc1c(C)c2cccc(C)c2[nH]c1=O. The van der Waals surface area contributed by atoms with Gasteiger partial charge >= 0.3 is 0 Å². The lowest BCUT2D eigenvalue weighted by molar-refractivity contribution is 1.19. The predicted octanol–water partition coefficient (Wildman–Crippen LogP) is 2.45. The number of aromatic amines is 1. The van der Waals surface area contributed by atoms with Crippen molar-refractivity contribution >= 4 is 10.9 Å². The van der Waals surface area contributed by atoms with Crippen LogP contribution in [-0.4, -0.2) is 4.98 Å². The Morgan fingerprint density at radius 3 is 2.50 bits per heavy atom. The summed E-state index contributed by atoms with van der Waals surface area (Å²) in [6.07, 6.45) is 0. The topological polar surface area (TPSA) is 32.9 Å². The van der Waals surface area contributed by atoms with E-state index in [1.807, 2.05) is 39.0 Å². The summed E-state index contributed by atoms with van der Waals surface area (Å²) >= 11 is 0. The number of aromatic nitrogens is 1. The zero-order chi connectivity index (χ0) is 10.3. The van der Waals surface area contributed by atoms with E-state index >= 15 is 0 Å². The van der Waals surface area contributed by atoms with Crippen LogP contribution in [0.2, 0.25) is 0 Å². The Morgan fingerprint density at radius 1 is 1.07 bits per heavy atom. The molecular weight excluding hydrogens is 174 g/mol. The molecule has 0 aliphatic rings. The van der Waals surface area contributed by atoms with Gasteiger partial charge in [0, 0.05) is 10.9 Å². The molecule has 2 rings (SSSR count). The lowest BCUT2D eigenvalue weighted by atomic mass is 10.0. The minimum atomic E-state index is 0.0179. The van der Waals surface area contributed by atoms with E-state index < -0.39 is 0 Å². The third-order valence-electron chi connectivity index (χ3n) is 2.82. The third-order valence-corrected chi connectivity index (χ3v) is 2.82. The molecule has 72 valence electrons. The molecule has 2 nitrogen and oxygen atoms in total. The van der Waals surface area contributed by atoms with Crippen molar-refractivity contribution in [2.75, 3.05) is 0 Å². The van der Waals surface area contributed by atoms with Crippen molar-refractivity contribution in [1.29, 1.82) is 0 Å². The molecule has 2 aromatic rings. The van der Waals surface area contributed by atoms with Crippen LogP contribution in [0.4, 0.5) is 0 Å². The molecule has 0 radical (unpaired) electrons. The molecule has 1 aromatic heterocycles. The van der Waals surface area contributed by atoms with Gasteiger partial charge in [-0.3, -0.25) is 4.79 Å². The van der Waals surface area contributed by atoms with Crippen LogP contribution in [0.1, 0.15) is 16.7 Å². The lowest BCUT2D eigenvalue weighted by Gasteiger charge is -2.06. The number of hydrogen-bond donors (Lipinski definition) is 1. The molecule has 14 heavy (non-hydrogen) atoms. The first-order valence-corrected chi connectivity index (χ1v) is 4.70. The van der Waals surface area contributed by atoms with E-state index in [0.717, 1.165) is 27.6 Å². The van der Waals surface area contributed by atoms with Gasteiger partial charge in [0.2, 0.25) is 0 Å². The molecule has 0 saturated carbocycles. The second kappa shape index (κ2) is 2.98. The van der Waals surface area contributed by atoms with Gasteiger partial charge in [-0.15, -0.1) is 0 Å². The first-order chi connectivity index (χ1) is 6.61. The number of pyridine rings is 1. The quantitative estimate of drug-likeness (QED) is 0.675. The summed E-state index contributed by atoms with van der Waals surface area (Å²) in [7, 11) is 0. The van der Waals surface area contributed by atoms with Crippen molar-refractivity contribution < 1.29 is 0 Å². The normalized spacial score (nSPS) is 10.8. The number of nitrogens with one attached hydrogen (secondary N) is 1. The summed E-state index contributed by atoms with van der Waals surface area (Å²) in [5, 5.41) is 1.14. The molecule has 0 atom stereocenters. The molecule has 0 aliphatic heterocycles. The highest BCUT2D eigenvalue weighted by molar-refractivity contribution is 5.85. The molecule has 2 heteroatoms. The second-order valence-electron chi connectivity index (χ2n) is 3.70. The van der Waals surface area contributed by atoms with Crippen LogP contribution in [-0.2, 0) is 0 Å².